The second kappa shape index (κ2) is 8.98. The Bertz CT molecular complexity index is 631. The summed E-state index contributed by atoms with van der Waals surface area (Å²) >= 11 is 8.45. The molecule has 0 fully saturated rings. The first kappa shape index (κ1) is 18.7. The second-order valence-electron chi connectivity index (χ2n) is 5.88. The van der Waals surface area contributed by atoms with Crippen molar-refractivity contribution in [3.8, 4) is 0 Å². The molecule has 1 heterocycles. The van der Waals surface area contributed by atoms with Crippen molar-refractivity contribution in [2.75, 3.05) is 13.1 Å². The Hall–Kier alpha value is -0.670. The van der Waals surface area contributed by atoms with Crippen LogP contribution in [0.15, 0.2) is 47.4 Å². The normalized spacial score (nSPS) is 15.2. The zero-order chi connectivity index (χ0) is 15.4. The van der Waals surface area contributed by atoms with Gasteiger partial charge in [-0.2, -0.15) is 0 Å². The van der Waals surface area contributed by atoms with E-state index in [-0.39, 0.29) is 12.4 Å². The molecule has 0 bridgehead atoms. The summed E-state index contributed by atoms with van der Waals surface area (Å²) in [7, 11) is 0. The van der Waals surface area contributed by atoms with Crippen LogP contribution in [-0.2, 0) is 19.3 Å². The van der Waals surface area contributed by atoms with Crippen LogP contribution in [0, 0.1) is 0 Å². The zero-order valence-electron chi connectivity index (χ0n) is 13.3. The van der Waals surface area contributed by atoms with Crippen LogP contribution < -0.4 is 5.32 Å². The van der Waals surface area contributed by atoms with Crippen LogP contribution >= 0.6 is 35.8 Å². The molecular weight excluding hydrogens is 345 g/mol. The van der Waals surface area contributed by atoms with E-state index in [9.17, 15) is 0 Å². The molecule has 1 unspecified atom stereocenters. The van der Waals surface area contributed by atoms with Crippen molar-refractivity contribution in [2.45, 2.75) is 36.3 Å². The molecule has 0 spiro atoms. The number of hydrogen-bond acceptors (Lipinski definition) is 2. The highest BCUT2D eigenvalue weighted by molar-refractivity contribution is 8.00. The van der Waals surface area contributed by atoms with E-state index in [2.05, 4.69) is 54.7 Å². The van der Waals surface area contributed by atoms with Gasteiger partial charge in [0.2, 0.25) is 0 Å². The van der Waals surface area contributed by atoms with Crippen molar-refractivity contribution in [2.24, 2.45) is 0 Å². The standard InChI is InChI=1S/C19H22ClNS.ClH/c1-14(13-15-5-3-2-4-6-15)22-19-17-10-12-21-11-9-16(17)7-8-18(19)20;/h2-8,14,21H,9-13H2,1H3;1H. The quantitative estimate of drug-likeness (QED) is 0.747. The molecule has 0 aromatic heterocycles. The summed E-state index contributed by atoms with van der Waals surface area (Å²) in [6, 6.07) is 15.0. The summed E-state index contributed by atoms with van der Waals surface area (Å²) in [6.07, 6.45) is 3.26. The monoisotopic (exact) mass is 367 g/mol. The van der Waals surface area contributed by atoms with Crippen LogP contribution in [0.5, 0.6) is 0 Å². The Morgan fingerprint density at radius 3 is 2.61 bits per heavy atom. The molecule has 1 nitrogen and oxygen atoms in total. The van der Waals surface area contributed by atoms with Crippen LogP contribution in [0.2, 0.25) is 5.02 Å². The third kappa shape index (κ3) is 4.90. The highest BCUT2D eigenvalue weighted by atomic mass is 35.5. The number of rotatable bonds is 4. The number of halogens is 2. The van der Waals surface area contributed by atoms with Crippen molar-refractivity contribution in [1.29, 1.82) is 0 Å². The maximum atomic E-state index is 6.52. The maximum absolute atomic E-state index is 6.52. The topological polar surface area (TPSA) is 12.0 Å². The number of thioether (sulfide) groups is 1. The van der Waals surface area contributed by atoms with Gasteiger partial charge in [-0.05, 0) is 55.1 Å². The molecule has 3 rings (SSSR count). The van der Waals surface area contributed by atoms with Gasteiger partial charge in [0, 0.05) is 10.1 Å². The second-order valence-corrected chi connectivity index (χ2v) is 7.74. The third-order valence-corrected chi connectivity index (χ3v) is 5.82. The Morgan fingerprint density at radius 2 is 1.83 bits per heavy atom. The molecule has 0 aliphatic carbocycles. The van der Waals surface area contributed by atoms with Crippen LogP contribution in [0.1, 0.15) is 23.6 Å². The molecule has 0 amide bonds. The maximum Gasteiger partial charge on any atom is 0.0544 e. The van der Waals surface area contributed by atoms with Crippen molar-refractivity contribution in [1.82, 2.24) is 5.32 Å². The van der Waals surface area contributed by atoms with E-state index in [1.165, 1.54) is 21.6 Å². The minimum absolute atomic E-state index is 0. The lowest BCUT2D eigenvalue weighted by molar-refractivity contribution is 0.709. The van der Waals surface area contributed by atoms with Gasteiger partial charge in [-0.1, -0.05) is 54.9 Å². The van der Waals surface area contributed by atoms with Crippen LogP contribution in [0.3, 0.4) is 0 Å². The molecule has 124 valence electrons. The van der Waals surface area contributed by atoms with Gasteiger partial charge < -0.3 is 5.32 Å². The molecule has 1 aliphatic heterocycles. The van der Waals surface area contributed by atoms with E-state index in [1.54, 1.807) is 0 Å². The lowest BCUT2D eigenvalue weighted by Crippen LogP contribution is -2.16. The van der Waals surface area contributed by atoms with E-state index in [0.29, 0.717) is 5.25 Å². The molecule has 0 saturated heterocycles. The van der Waals surface area contributed by atoms with Crippen molar-refractivity contribution in [3.63, 3.8) is 0 Å². The Balaban J connectivity index is 0.00000192. The van der Waals surface area contributed by atoms with E-state index < -0.39 is 0 Å². The first-order chi connectivity index (χ1) is 10.7. The van der Waals surface area contributed by atoms with Crippen LogP contribution in [0.4, 0.5) is 0 Å². The number of fused-ring (bicyclic) bond motifs is 1. The first-order valence-electron chi connectivity index (χ1n) is 7.95. The molecule has 0 radical (unpaired) electrons. The summed E-state index contributed by atoms with van der Waals surface area (Å²) in [4.78, 5) is 1.30. The molecule has 2 aromatic carbocycles. The predicted octanol–water partition coefficient (Wildman–Crippen LogP) is 5.17. The minimum Gasteiger partial charge on any atom is -0.316 e. The first-order valence-corrected chi connectivity index (χ1v) is 9.21. The van der Waals surface area contributed by atoms with Gasteiger partial charge in [0.25, 0.3) is 0 Å². The lowest BCUT2D eigenvalue weighted by atomic mass is 10.0. The Morgan fingerprint density at radius 1 is 1.09 bits per heavy atom. The predicted molar refractivity (Wildman–Crippen MR) is 104 cm³/mol. The molecule has 0 saturated carbocycles. The summed E-state index contributed by atoms with van der Waals surface area (Å²) in [5.41, 5.74) is 4.31. The van der Waals surface area contributed by atoms with E-state index >= 15 is 0 Å². The molecule has 1 aliphatic rings. The third-order valence-electron chi connectivity index (χ3n) is 4.12. The fourth-order valence-corrected chi connectivity index (χ4v) is 4.57. The molecule has 2 aromatic rings. The zero-order valence-corrected chi connectivity index (χ0v) is 15.7. The molecule has 1 atom stereocenters. The van der Waals surface area contributed by atoms with Gasteiger partial charge >= 0.3 is 0 Å². The molecule has 1 N–H and O–H groups in total. The number of benzene rings is 2. The van der Waals surface area contributed by atoms with Gasteiger partial charge in [-0.15, -0.1) is 24.2 Å². The SMILES string of the molecule is CC(Cc1ccccc1)Sc1c(Cl)ccc2c1CCNCC2.Cl. The highest BCUT2D eigenvalue weighted by Crippen LogP contribution is 2.37. The highest BCUT2D eigenvalue weighted by Gasteiger charge is 2.17. The largest absolute Gasteiger partial charge is 0.316 e. The van der Waals surface area contributed by atoms with E-state index in [0.717, 1.165) is 37.4 Å². The smallest absolute Gasteiger partial charge is 0.0544 e. The van der Waals surface area contributed by atoms with Crippen molar-refractivity contribution >= 4 is 35.8 Å². The van der Waals surface area contributed by atoms with E-state index in [1.807, 2.05) is 11.8 Å². The summed E-state index contributed by atoms with van der Waals surface area (Å²) < 4.78 is 0. The summed E-state index contributed by atoms with van der Waals surface area (Å²) in [5, 5.41) is 4.91. The molecule has 23 heavy (non-hydrogen) atoms. The van der Waals surface area contributed by atoms with Crippen LogP contribution in [0.25, 0.3) is 0 Å². The number of nitrogens with one attached hydrogen (secondary N) is 1. The van der Waals surface area contributed by atoms with E-state index in [4.69, 9.17) is 11.6 Å². The molecular formula is C19H23Cl2NS. The van der Waals surface area contributed by atoms with Gasteiger partial charge in [0.1, 0.15) is 0 Å². The fourth-order valence-electron chi connectivity index (χ4n) is 3.03. The number of hydrogen-bond donors (Lipinski definition) is 1. The molecule has 4 heteroatoms. The van der Waals surface area contributed by atoms with Gasteiger partial charge in [0.15, 0.2) is 0 Å². The Labute approximate surface area is 154 Å². The fraction of sp³-hybridized carbons (Fsp3) is 0.368. The van der Waals surface area contributed by atoms with Crippen molar-refractivity contribution in [3.05, 3.63) is 64.2 Å². The Kier molecular flexibility index (Phi) is 7.29. The lowest BCUT2D eigenvalue weighted by Gasteiger charge is -2.18. The van der Waals surface area contributed by atoms with Gasteiger partial charge in [0.05, 0.1) is 5.02 Å². The average Bonchev–Trinajstić information content (AvgIpc) is 2.77. The summed E-state index contributed by atoms with van der Waals surface area (Å²) in [6.45, 7) is 4.41. The van der Waals surface area contributed by atoms with Crippen LogP contribution in [-0.4, -0.2) is 18.3 Å². The van der Waals surface area contributed by atoms with Gasteiger partial charge in [-0.25, -0.2) is 0 Å². The summed E-state index contributed by atoms with van der Waals surface area (Å²) in [5.74, 6) is 0. The van der Waals surface area contributed by atoms with Gasteiger partial charge in [-0.3, -0.25) is 0 Å². The minimum atomic E-state index is 0. The average molecular weight is 368 g/mol. The van der Waals surface area contributed by atoms with Crippen molar-refractivity contribution < 1.29 is 0 Å².